The van der Waals surface area contributed by atoms with E-state index in [-0.39, 0.29) is 17.1 Å². The van der Waals surface area contributed by atoms with Crippen LogP contribution in [0.1, 0.15) is 5.56 Å². The molecule has 1 aromatic heterocycles. The molecule has 0 atom stereocenters. The first kappa shape index (κ1) is 14.2. The maximum atomic E-state index is 13.5. The molecule has 0 saturated heterocycles. The van der Waals surface area contributed by atoms with Gasteiger partial charge in [0.1, 0.15) is 5.82 Å². The average Bonchev–Trinajstić information content (AvgIpc) is 2.78. The maximum Gasteiger partial charge on any atom is 0.259 e. The predicted molar refractivity (Wildman–Crippen MR) is 71.3 cm³/mol. The Labute approximate surface area is 118 Å². The van der Waals surface area contributed by atoms with Crippen LogP contribution in [-0.2, 0) is 23.6 Å². The summed E-state index contributed by atoms with van der Waals surface area (Å²) in [5.74, 6) is -0.466. The van der Waals surface area contributed by atoms with Gasteiger partial charge in [0.25, 0.3) is 10.0 Å². The fraction of sp³-hybridized carbons (Fsp3) is 0.182. The molecule has 0 aliphatic heterocycles. The molecule has 0 unspecified atom stereocenters. The van der Waals surface area contributed by atoms with Crippen molar-refractivity contribution in [2.75, 3.05) is 0 Å². The number of benzene rings is 1. The lowest BCUT2D eigenvalue weighted by molar-refractivity contribution is 0.571. The Morgan fingerprint density at radius 3 is 2.84 bits per heavy atom. The number of nitrogens with one attached hydrogen (secondary N) is 1. The number of hydrogen-bond acceptors (Lipinski definition) is 3. The highest BCUT2D eigenvalue weighted by Gasteiger charge is 2.17. The molecule has 0 amide bonds. The van der Waals surface area contributed by atoms with E-state index in [1.807, 2.05) is 0 Å². The molecule has 1 heterocycles. The number of rotatable bonds is 4. The van der Waals surface area contributed by atoms with Gasteiger partial charge in [-0.3, -0.25) is 0 Å². The summed E-state index contributed by atoms with van der Waals surface area (Å²) in [6.07, 6.45) is 2.76. The van der Waals surface area contributed by atoms with E-state index in [1.54, 1.807) is 13.1 Å². The first-order valence-electron chi connectivity index (χ1n) is 5.30. The Kier molecular flexibility index (Phi) is 4.02. The van der Waals surface area contributed by atoms with Crippen LogP contribution < -0.4 is 4.72 Å². The van der Waals surface area contributed by atoms with Crippen molar-refractivity contribution in [3.05, 3.63) is 46.6 Å². The van der Waals surface area contributed by atoms with Crippen molar-refractivity contribution in [1.29, 1.82) is 0 Å². The number of aryl methyl sites for hydroxylation is 1. The minimum Gasteiger partial charge on any atom is -0.339 e. The minimum absolute atomic E-state index is 0.0922. The van der Waals surface area contributed by atoms with Crippen molar-refractivity contribution in [2.45, 2.75) is 11.6 Å². The molecule has 1 N–H and O–H groups in total. The molecule has 0 bridgehead atoms. The second kappa shape index (κ2) is 5.40. The predicted octanol–water partition coefficient (Wildman–Crippen LogP) is 1.80. The summed E-state index contributed by atoms with van der Waals surface area (Å²) in [5, 5.41) is -0.0922. The van der Waals surface area contributed by atoms with Gasteiger partial charge in [-0.2, -0.15) is 0 Å². The normalized spacial score (nSPS) is 11.7. The van der Waals surface area contributed by atoms with Gasteiger partial charge in [-0.1, -0.05) is 15.9 Å². The SMILES string of the molecule is Cn1cnc(S(=O)(=O)NCc2cc(Br)ccc2F)c1. The quantitative estimate of drug-likeness (QED) is 0.917. The highest BCUT2D eigenvalue weighted by Crippen LogP contribution is 2.16. The third kappa shape index (κ3) is 3.40. The Hall–Kier alpha value is -1.25. The summed E-state index contributed by atoms with van der Waals surface area (Å²) in [6, 6.07) is 4.34. The number of imidazole rings is 1. The highest BCUT2D eigenvalue weighted by atomic mass is 79.9. The molecular weight excluding hydrogens is 337 g/mol. The lowest BCUT2D eigenvalue weighted by atomic mass is 10.2. The summed E-state index contributed by atoms with van der Waals surface area (Å²) in [5.41, 5.74) is 0.258. The standard InChI is InChI=1S/C11H11BrFN3O2S/c1-16-6-11(14-7-16)19(17,18)15-5-8-4-9(12)2-3-10(8)13/h2-4,6-7,15H,5H2,1H3. The van der Waals surface area contributed by atoms with Crippen LogP contribution in [0.4, 0.5) is 4.39 Å². The van der Waals surface area contributed by atoms with Crippen molar-refractivity contribution >= 4 is 26.0 Å². The molecule has 8 heteroatoms. The summed E-state index contributed by atoms with van der Waals surface area (Å²) in [4.78, 5) is 3.75. The monoisotopic (exact) mass is 347 g/mol. The zero-order valence-electron chi connectivity index (χ0n) is 9.97. The van der Waals surface area contributed by atoms with E-state index in [2.05, 4.69) is 25.6 Å². The first-order valence-corrected chi connectivity index (χ1v) is 7.57. The second-order valence-corrected chi connectivity index (χ2v) is 6.57. The van der Waals surface area contributed by atoms with Crippen LogP contribution in [0, 0.1) is 5.82 Å². The van der Waals surface area contributed by atoms with Gasteiger partial charge in [0.2, 0.25) is 0 Å². The van der Waals surface area contributed by atoms with Gasteiger partial charge in [-0.05, 0) is 18.2 Å². The van der Waals surface area contributed by atoms with Crippen LogP contribution in [0.3, 0.4) is 0 Å². The molecule has 2 aromatic rings. The van der Waals surface area contributed by atoms with E-state index in [1.165, 1.54) is 29.2 Å². The van der Waals surface area contributed by atoms with Gasteiger partial charge in [-0.25, -0.2) is 22.5 Å². The van der Waals surface area contributed by atoms with Crippen LogP contribution in [0.15, 0.2) is 40.2 Å². The molecule has 1 aromatic carbocycles. The Morgan fingerprint density at radius 2 is 2.21 bits per heavy atom. The van der Waals surface area contributed by atoms with Gasteiger partial charge >= 0.3 is 0 Å². The maximum absolute atomic E-state index is 13.5. The van der Waals surface area contributed by atoms with E-state index in [0.717, 1.165) is 0 Å². The molecule has 0 aliphatic carbocycles. The first-order chi connectivity index (χ1) is 8.88. The van der Waals surface area contributed by atoms with E-state index >= 15 is 0 Å². The number of sulfonamides is 1. The van der Waals surface area contributed by atoms with E-state index in [9.17, 15) is 12.8 Å². The largest absolute Gasteiger partial charge is 0.339 e. The van der Waals surface area contributed by atoms with Gasteiger partial charge in [0.05, 0.1) is 6.33 Å². The average molecular weight is 348 g/mol. The fourth-order valence-electron chi connectivity index (χ4n) is 1.45. The van der Waals surface area contributed by atoms with E-state index in [0.29, 0.717) is 4.47 Å². The van der Waals surface area contributed by atoms with E-state index < -0.39 is 15.8 Å². The lowest BCUT2D eigenvalue weighted by Crippen LogP contribution is -2.24. The Bertz CT molecular complexity index is 700. The Morgan fingerprint density at radius 1 is 1.47 bits per heavy atom. The van der Waals surface area contributed by atoms with Crippen molar-refractivity contribution in [3.63, 3.8) is 0 Å². The molecule has 0 fully saturated rings. The molecule has 102 valence electrons. The van der Waals surface area contributed by atoms with Crippen LogP contribution in [0.25, 0.3) is 0 Å². The molecular formula is C11H11BrFN3O2S. The van der Waals surface area contributed by atoms with Gasteiger partial charge in [-0.15, -0.1) is 0 Å². The van der Waals surface area contributed by atoms with Crippen LogP contribution in [-0.4, -0.2) is 18.0 Å². The third-order valence-electron chi connectivity index (χ3n) is 2.42. The van der Waals surface area contributed by atoms with Crippen LogP contribution >= 0.6 is 15.9 Å². The summed E-state index contributed by atoms with van der Waals surface area (Å²) in [6.45, 7) is -0.135. The number of nitrogens with zero attached hydrogens (tertiary/aromatic N) is 2. The van der Waals surface area contributed by atoms with E-state index in [4.69, 9.17) is 0 Å². The van der Waals surface area contributed by atoms with Gasteiger partial charge in [0, 0.05) is 29.8 Å². The van der Waals surface area contributed by atoms with Crippen LogP contribution in [0.5, 0.6) is 0 Å². The fourth-order valence-corrected chi connectivity index (χ4v) is 2.85. The van der Waals surface area contributed by atoms with Gasteiger partial charge in [0.15, 0.2) is 5.03 Å². The topological polar surface area (TPSA) is 64.0 Å². The summed E-state index contributed by atoms with van der Waals surface area (Å²) >= 11 is 3.21. The summed E-state index contributed by atoms with van der Waals surface area (Å²) < 4.78 is 41.8. The van der Waals surface area contributed by atoms with Gasteiger partial charge < -0.3 is 4.57 Å². The smallest absolute Gasteiger partial charge is 0.259 e. The molecule has 0 saturated carbocycles. The Balaban J connectivity index is 2.16. The number of aromatic nitrogens is 2. The number of hydrogen-bond donors (Lipinski definition) is 1. The van der Waals surface area contributed by atoms with Crippen molar-refractivity contribution in [3.8, 4) is 0 Å². The third-order valence-corrected chi connectivity index (χ3v) is 4.20. The van der Waals surface area contributed by atoms with Crippen LogP contribution in [0.2, 0.25) is 0 Å². The molecule has 0 spiro atoms. The summed E-state index contributed by atoms with van der Waals surface area (Å²) in [7, 11) is -2.06. The van der Waals surface area contributed by atoms with Crippen molar-refractivity contribution in [2.24, 2.45) is 7.05 Å². The molecule has 0 aliphatic rings. The zero-order valence-corrected chi connectivity index (χ0v) is 12.4. The van der Waals surface area contributed by atoms with Crippen molar-refractivity contribution in [1.82, 2.24) is 14.3 Å². The highest BCUT2D eigenvalue weighted by molar-refractivity contribution is 9.10. The molecule has 19 heavy (non-hydrogen) atoms. The van der Waals surface area contributed by atoms with Crippen molar-refractivity contribution < 1.29 is 12.8 Å². The minimum atomic E-state index is -3.73. The zero-order chi connectivity index (χ0) is 14.0. The molecule has 5 nitrogen and oxygen atoms in total. The lowest BCUT2D eigenvalue weighted by Gasteiger charge is -2.06. The number of halogens is 2. The molecule has 2 rings (SSSR count). The molecule has 0 radical (unpaired) electrons. The second-order valence-electron chi connectivity index (χ2n) is 3.94.